The van der Waals surface area contributed by atoms with E-state index >= 15 is 0 Å². The zero-order chi connectivity index (χ0) is 14.3. The Kier molecular flexibility index (Phi) is 3.28. The van der Waals surface area contributed by atoms with Gasteiger partial charge in [0.1, 0.15) is 11.8 Å². The third-order valence-corrected chi connectivity index (χ3v) is 4.03. The third kappa shape index (κ3) is 2.22. The molecule has 3 nitrogen and oxygen atoms in total. The quantitative estimate of drug-likeness (QED) is 0.857. The zero-order valence-corrected chi connectivity index (χ0v) is 11.0. The smallest absolute Gasteiger partial charge is 0.408 e. The van der Waals surface area contributed by atoms with E-state index in [9.17, 15) is 13.2 Å². The first-order valence-corrected chi connectivity index (χ1v) is 6.63. The summed E-state index contributed by atoms with van der Waals surface area (Å²) < 4.78 is 50.4. The van der Waals surface area contributed by atoms with Gasteiger partial charge in [-0.2, -0.15) is 13.2 Å². The number of rotatable bonds is 1. The summed E-state index contributed by atoms with van der Waals surface area (Å²) in [5.41, 5.74) is 1.24. The van der Waals surface area contributed by atoms with E-state index < -0.39 is 24.2 Å². The number of nitrogens with one attached hydrogen (secondary N) is 1. The molecule has 0 unspecified atom stereocenters. The Bertz CT molecular complexity index is 504. The molecule has 0 amide bonds. The first-order valence-electron chi connectivity index (χ1n) is 6.63. The van der Waals surface area contributed by atoms with Gasteiger partial charge in [0.05, 0.1) is 13.2 Å². The van der Waals surface area contributed by atoms with Crippen LogP contribution in [-0.2, 0) is 4.74 Å². The molecule has 1 aromatic rings. The van der Waals surface area contributed by atoms with E-state index in [0.717, 1.165) is 5.56 Å². The van der Waals surface area contributed by atoms with E-state index in [2.05, 4.69) is 5.32 Å². The fourth-order valence-electron chi connectivity index (χ4n) is 3.10. The number of methoxy groups -OCH3 is 1. The summed E-state index contributed by atoms with van der Waals surface area (Å²) in [4.78, 5) is 0. The van der Waals surface area contributed by atoms with Gasteiger partial charge in [-0.05, 0) is 31.0 Å². The first kappa shape index (κ1) is 13.5. The van der Waals surface area contributed by atoms with Crippen LogP contribution in [0.3, 0.4) is 0 Å². The Morgan fingerprint density at radius 2 is 2.15 bits per heavy atom. The molecule has 1 fully saturated rings. The van der Waals surface area contributed by atoms with E-state index in [4.69, 9.17) is 9.47 Å². The predicted octanol–water partition coefficient (Wildman–Crippen LogP) is 3.52. The van der Waals surface area contributed by atoms with Crippen molar-refractivity contribution in [3.8, 4) is 5.75 Å². The molecule has 1 saturated heterocycles. The van der Waals surface area contributed by atoms with Crippen LogP contribution in [0.1, 0.15) is 24.5 Å². The van der Waals surface area contributed by atoms with E-state index in [1.165, 1.54) is 7.11 Å². The Morgan fingerprint density at radius 3 is 2.85 bits per heavy atom. The lowest BCUT2D eigenvalue weighted by Gasteiger charge is -2.43. The molecule has 2 aliphatic rings. The van der Waals surface area contributed by atoms with Gasteiger partial charge in [0.2, 0.25) is 0 Å². The van der Waals surface area contributed by atoms with Crippen molar-refractivity contribution in [3.05, 3.63) is 23.8 Å². The van der Waals surface area contributed by atoms with E-state index in [0.29, 0.717) is 30.9 Å². The minimum Gasteiger partial charge on any atom is -0.497 e. The highest BCUT2D eigenvalue weighted by molar-refractivity contribution is 5.58. The standard InChI is InChI=1S/C14H16F3NO2/c1-19-8-4-5-11-10(7-8)12-9(3-2-6-20-12)13(18-11)14(15,16)17/h4-5,7,9,12-13,18H,2-3,6H2,1H3/t9-,12+,13+/m0/s1. The predicted molar refractivity (Wildman–Crippen MR) is 67.9 cm³/mol. The van der Waals surface area contributed by atoms with Crippen molar-refractivity contribution < 1.29 is 22.6 Å². The molecular formula is C14H16F3NO2. The fraction of sp³-hybridized carbons (Fsp3) is 0.571. The molecule has 2 aliphatic heterocycles. The van der Waals surface area contributed by atoms with E-state index in [1.54, 1.807) is 18.2 Å². The minimum absolute atomic E-state index is 0.483. The van der Waals surface area contributed by atoms with Gasteiger partial charge in [0.25, 0.3) is 0 Å². The van der Waals surface area contributed by atoms with Crippen LogP contribution in [0.15, 0.2) is 18.2 Å². The molecule has 0 saturated carbocycles. The second-order valence-electron chi connectivity index (χ2n) is 5.21. The number of hydrogen-bond acceptors (Lipinski definition) is 3. The lowest BCUT2D eigenvalue weighted by molar-refractivity contribution is -0.175. The van der Waals surface area contributed by atoms with E-state index in [-0.39, 0.29) is 0 Å². The molecule has 0 aromatic heterocycles. The maximum absolute atomic E-state index is 13.2. The van der Waals surface area contributed by atoms with Crippen LogP contribution in [-0.4, -0.2) is 25.9 Å². The summed E-state index contributed by atoms with van der Waals surface area (Å²) in [6.07, 6.45) is -3.62. The number of benzene rings is 1. The third-order valence-electron chi connectivity index (χ3n) is 4.03. The van der Waals surface area contributed by atoms with Crippen molar-refractivity contribution in [3.63, 3.8) is 0 Å². The summed E-state index contributed by atoms with van der Waals surface area (Å²) >= 11 is 0. The van der Waals surface area contributed by atoms with Gasteiger partial charge in [-0.15, -0.1) is 0 Å². The van der Waals surface area contributed by atoms with Gasteiger partial charge in [0.15, 0.2) is 0 Å². The van der Waals surface area contributed by atoms with Crippen molar-refractivity contribution in [2.24, 2.45) is 5.92 Å². The molecule has 3 atom stereocenters. The highest BCUT2D eigenvalue weighted by atomic mass is 19.4. The van der Waals surface area contributed by atoms with Crippen LogP contribution < -0.4 is 10.1 Å². The van der Waals surface area contributed by atoms with Gasteiger partial charge in [0, 0.05) is 23.8 Å². The minimum atomic E-state index is -4.28. The van der Waals surface area contributed by atoms with Gasteiger partial charge < -0.3 is 14.8 Å². The summed E-state index contributed by atoms with van der Waals surface area (Å²) in [6.45, 7) is 0.502. The summed E-state index contributed by atoms with van der Waals surface area (Å²) in [7, 11) is 1.54. The normalized spacial score (nSPS) is 29.1. The lowest BCUT2D eigenvalue weighted by Crippen LogP contribution is -2.49. The lowest BCUT2D eigenvalue weighted by atomic mass is 9.79. The van der Waals surface area contributed by atoms with Gasteiger partial charge in [-0.3, -0.25) is 0 Å². The molecule has 0 radical (unpaired) electrons. The highest BCUT2D eigenvalue weighted by Crippen LogP contribution is 2.48. The number of ether oxygens (including phenoxy) is 2. The van der Waals surface area contributed by atoms with Crippen LogP contribution in [0.4, 0.5) is 18.9 Å². The average molecular weight is 287 g/mol. The molecular weight excluding hydrogens is 271 g/mol. The highest BCUT2D eigenvalue weighted by Gasteiger charge is 2.51. The topological polar surface area (TPSA) is 30.5 Å². The Morgan fingerprint density at radius 1 is 1.35 bits per heavy atom. The summed E-state index contributed by atoms with van der Waals surface area (Å²) in [5.74, 6) is 0.0484. The molecule has 1 N–H and O–H groups in total. The maximum Gasteiger partial charge on any atom is 0.408 e. The van der Waals surface area contributed by atoms with Crippen LogP contribution >= 0.6 is 0 Å². The molecule has 0 bridgehead atoms. The molecule has 110 valence electrons. The van der Waals surface area contributed by atoms with Crippen molar-refractivity contribution in [2.45, 2.75) is 31.2 Å². The largest absolute Gasteiger partial charge is 0.497 e. The fourth-order valence-corrected chi connectivity index (χ4v) is 3.10. The van der Waals surface area contributed by atoms with Crippen LogP contribution in [0.2, 0.25) is 0 Å². The molecule has 6 heteroatoms. The van der Waals surface area contributed by atoms with Crippen molar-refractivity contribution in [1.29, 1.82) is 0 Å². The molecule has 20 heavy (non-hydrogen) atoms. The number of hydrogen-bond donors (Lipinski definition) is 1. The second kappa shape index (κ2) is 4.84. The Balaban J connectivity index is 2.03. The Hall–Kier alpha value is -1.43. The van der Waals surface area contributed by atoms with Crippen LogP contribution in [0, 0.1) is 5.92 Å². The molecule has 0 aliphatic carbocycles. The van der Waals surface area contributed by atoms with E-state index in [1.807, 2.05) is 0 Å². The van der Waals surface area contributed by atoms with Crippen molar-refractivity contribution in [1.82, 2.24) is 0 Å². The summed E-state index contributed by atoms with van der Waals surface area (Å²) in [5, 5.41) is 2.63. The first-order chi connectivity index (χ1) is 9.50. The zero-order valence-electron chi connectivity index (χ0n) is 11.0. The SMILES string of the molecule is COc1ccc2c(c1)[C@@H]1OCCC[C@@H]1[C@H](C(F)(F)F)N2. The number of halogens is 3. The monoisotopic (exact) mass is 287 g/mol. The maximum atomic E-state index is 13.2. The van der Waals surface area contributed by atoms with Gasteiger partial charge in [-0.1, -0.05) is 0 Å². The number of alkyl halides is 3. The number of anilines is 1. The summed E-state index contributed by atoms with van der Waals surface area (Å²) in [6, 6.07) is 3.50. The van der Waals surface area contributed by atoms with Crippen molar-refractivity contribution >= 4 is 5.69 Å². The molecule has 3 rings (SSSR count). The molecule has 1 aromatic carbocycles. The second-order valence-corrected chi connectivity index (χ2v) is 5.21. The van der Waals surface area contributed by atoms with Crippen LogP contribution in [0.25, 0.3) is 0 Å². The molecule has 2 heterocycles. The van der Waals surface area contributed by atoms with Gasteiger partial charge >= 0.3 is 6.18 Å². The Labute approximate surface area is 115 Å². The number of fused-ring (bicyclic) bond motifs is 3. The van der Waals surface area contributed by atoms with Gasteiger partial charge in [-0.25, -0.2) is 0 Å². The molecule has 0 spiro atoms. The van der Waals surface area contributed by atoms with Crippen LogP contribution in [0.5, 0.6) is 5.75 Å². The average Bonchev–Trinajstić information content (AvgIpc) is 2.44. The van der Waals surface area contributed by atoms with Crippen molar-refractivity contribution in [2.75, 3.05) is 19.0 Å².